The number of nitrogens with one attached hydrogen (secondary N) is 1. The van der Waals surface area contributed by atoms with E-state index in [0.29, 0.717) is 0 Å². The maximum Gasteiger partial charge on any atom is 0.421 e. The molecule has 0 fully saturated rings. The van der Waals surface area contributed by atoms with Crippen LogP contribution in [-0.4, -0.2) is 21.1 Å². The SMILES string of the molecule is O=C(NS(=O)(=O)Cl)OCC1c2ccccc2-c2ccccc21. The molecule has 0 aliphatic heterocycles. The molecule has 22 heavy (non-hydrogen) atoms. The third-order valence-electron chi connectivity index (χ3n) is 3.55. The van der Waals surface area contributed by atoms with Crippen molar-refractivity contribution in [3.05, 3.63) is 59.7 Å². The zero-order chi connectivity index (χ0) is 15.7. The van der Waals surface area contributed by atoms with Crippen LogP contribution < -0.4 is 4.72 Å². The van der Waals surface area contributed by atoms with Crippen LogP contribution in [0, 0.1) is 0 Å². The van der Waals surface area contributed by atoms with E-state index >= 15 is 0 Å². The van der Waals surface area contributed by atoms with E-state index in [0.717, 1.165) is 22.3 Å². The zero-order valence-corrected chi connectivity index (χ0v) is 12.9. The third kappa shape index (κ3) is 2.93. The van der Waals surface area contributed by atoms with Gasteiger partial charge in [-0.05, 0) is 22.3 Å². The Bertz CT molecular complexity index is 789. The van der Waals surface area contributed by atoms with Crippen LogP contribution in [0.25, 0.3) is 11.1 Å². The van der Waals surface area contributed by atoms with Crippen molar-refractivity contribution in [1.29, 1.82) is 0 Å². The van der Waals surface area contributed by atoms with E-state index in [2.05, 4.69) is 0 Å². The van der Waals surface area contributed by atoms with Crippen LogP contribution in [0.2, 0.25) is 0 Å². The highest BCUT2D eigenvalue weighted by Crippen LogP contribution is 2.44. The van der Waals surface area contributed by atoms with Crippen molar-refractivity contribution in [2.45, 2.75) is 5.92 Å². The summed E-state index contributed by atoms with van der Waals surface area (Å²) in [4.78, 5) is 11.4. The fraction of sp³-hybridized carbons (Fsp3) is 0.133. The van der Waals surface area contributed by atoms with Gasteiger partial charge in [0.05, 0.1) is 0 Å². The fourth-order valence-electron chi connectivity index (χ4n) is 2.73. The molecule has 0 unspecified atom stereocenters. The van der Waals surface area contributed by atoms with Gasteiger partial charge in [-0.1, -0.05) is 48.5 Å². The third-order valence-corrected chi connectivity index (χ3v) is 4.19. The van der Waals surface area contributed by atoms with E-state index in [4.69, 9.17) is 15.4 Å². The number of hydrogen-bond donors (Lipinski definition) is 1. The Kier molecular flexibility index (Phi) is 3.80. The number of fused-ring (bicyclic) bond motifs is 3. The Morgan fingerprint density at radius 3 is 2.05 bits per heavy atom. The molecule has 2 aromatic rings. The van der Waals surface area contributed by atoms with Gasteiger partial charge in [0.15, 0.2) is 0 Å². The largest absolute Gasteiger partial charge is 0.448 e. The topological polar surface area (TPSA) is 72.5 Å². The number of amides is 1. The van der Waals surface area contributed by atoms with Crippen LogP contribution >= 0.6 is 10.7 Å². The first-order valence-corrected chi connectivity index (χ1v) is 8.84. The maximum atomic E-state index is 11.4. The monoisotopic (exact) mass is 337 g/mol. The van der Waals surface area contributed by atoms with Gasteiger partial charge < -0.3 is 4.74 Å². The van der Waals surface area contributed by atoms with Gasteiger partial charge in [-0.2, -0.15) is 8.42 Å². The van der Waals surface area contributed by atoms with Gasteiger partial charge in [-0.3, -0.25) is 0 Å². The summed E-state index contributed by atoms with van der Waals surface area (Å²) in [5.74, 6) is -0.129. The van der Waals surface area contributed by atoms with Gasteiger partial charge in [-0.25, -0.2) is 9.52 Å². The molecule has 0 heterocycles. The molecule has 1 amide bonds. The molecule has 0 atom stereocenters. The number of ether oxygens (including phenoxy) is 1. The summed E-state index contributed by atoms with van der Waals surface area (Å²) >= 11 is 0. The Balaban J connectivity index is 1.84. The molecule has 3 rings (SSSR count). The van der Waals surface area contributed by atoms with Gasteiger partial charge in [0.25, 0.3) is 0 Å². The first-order chi connectivity index (χ1) is 10.5. The van der Waals surface area contributed by atoms with Gasteiger partial charge >= 0.3 is 15.3 Å². The Morgan fingerprint density at radius 2 is 1.55 bits per heavy atom. The van der Waals surface area contributed by atoms with Crippen molar-refractivity contribution in [1.82, 2.24) is 4.72 Å². The second-order valence-electron chi connectivity index (χ2n) is 4.87. The Morgan fingerprint density at radius 1 is 1.05 bits per heavy atom. The second kappa shape index (κ2) is 5.62. The summed E-state index contributed by atoms with van der Waals surface area (Å²) < 4.78 is 28.1. The van der Waals surface area contributed by atoms with E-state index in [1.807, 2.05) is 48.5 Å². The molecule has 1 N–H and O–H groups in total. The van der Waals surface area contributed by atoms with E-state index < -0.39 is 15.3 Å². The average molecular weight is 338 g/mol. The zero-order valence-electron chi connectivity index (χ0n) is 11.3. The summed E-state index contributed by atoms with van der Waals surface area (Å²) in [6.45, 7) is 0.0340. The van der Waals surface area contributed by atoms with Crippen LogP contribution in [-0.2, 0) is 14.0 Å². The lowest BCUT2D eigenvalue weighted by molar-refractivity contribution is 0.149. The van der Waals surface area contributed by atoms with Crippen molar-refractivity contribution in [3.8, 4) is 11.1 Å². The number of halogens is 1. The van der Waals surface area contributed by atoms with Crippen LogP contribution in [0.1, 0.15) is 17.0 Å². The number of carbonyl (C=O) groups excluding carboxylic acids is 1. The highest BCUT2D eigenvalue weighted by atomic mass is 35.7. The normalized spacial score (nSPS) is 13.3. The molecule has 0 saturated carbocycles. The van der Waals surface area contributed by atoms with Gasteiger partial charge in [0, 0.05) is 16.6 Å². The van der Waals surface area contributed by atoms with Crippen LogP contribution in [0.3, 0.4) is 0 Å². The lowest BCUT2D eigenvalue weighted by Gasteiger charge is -2.13. The maximum absolute atomic E-state index is 11.4. The van der Waals surface area contributed by atoms with E-state index in [9.17, 15) is 13.2 Å². The first-order valence-electron chi connectivity index (χ1n) is 6.53. The molecule has 7 heteroatoms. The molecule has 1 aliphatic rings. The summed E-state index contributed by atoms with van der Waals surface area (Å²) in [5.41, 5.74) is 4.28. The van der Waals surface area contributed by atoms with E-state index in [-0.39, 0.29) is 12.5 Å². The minimum Gasteiger partial charge on any atom is -0.448 e. The molecule has 114 valence electrons. The summed E-state index contributed by atoms with van der Waals surface area (Å²) in [7, 11) is 0.803. The van der Waals surface area contributed by atoms with Crippen LogP contribution in [0.15, 0.2) is 48.5 Å². The number of carbonyl (C=O) groups is 1. The molecule has 0 aromatic heterocycles. The highest BCUT2D eigenvalue weighted by Gasteiger charge is 2.29. The molecular formula is C15H12ClNO4S. The molecule has 0 bridgehead atoms. The Hall–Kier alpha value is -2.05. The average Bonchev–Trinajstić information content (AvgIpc) is 2.78. The molecule has 0 radical (unpaired) electrons. The van der Waals surface area contributed by atoms with Crippen molar-refractivity contribution in [3.63, 3.8) is 0 Å². The Labute approximate surface area is 132 Å². The summed E-state index contributed by atoms with van der Waals surface area (Å²) in [6, 6.07) is 15.7. The van der Waals surface area contributed by atoms with Crippen LogP contribution in [0.4, 0.5) is 4.79 Å². The van der Waals surface area contributed by atoms with Crippen molar-refractivity contribution >= 4 is 26.0 Å². The second-order valence-corrected chi connectivity index (χ2v) is 7.16. The van der Waals surface area contributed by atoms with Gasteiger partial charge in [-0.15, -0.1) is 0 Å². The van der Waals surface area contributed by atoms with Crippen molar-refractivity contribution < 1.29 is 17.9 Å². The molecule has 2 aromatic carbocycles. The molecule has 0 spiro atoms. The smallest absolute Gasteiger partial charge is 0.421 e. The standard InChI is InChI=1S/C15H12ClNO4S/c16-22(19,20)17-15(18)21-9-14-12-7-3-1-5-10(12)11-6-2-4-8-13(11)14/h1-8,14H,9H2,(H,17,18). The first kappa shape index (κ1) is 14.9. The van der Waals surface area contributed by atoms with Gasteiger partial charge in [0.1, 0.15) is 6.61 Å². The lowest BCUT2D eigenvalue weighted by atomic mass is 9.98. The predicted molar refractivity (Wildman–Crippen MR) is 83.0 cm³/mol. The highest BCUT2D eigenvalue weighted by molar-refractivity contribution is 8.12. The van der Waals surface area contributed by atoms with Crippen molar-refractivity contribution in [2.75, 3.05) is 6.61 Å². The fourth-order valence-corrected chi connectivity index (χ4v) is 3.17. The summed E-state index contributed by atoms with van der Waals surface area (Å²) in [6.07, 6.45) is -1.09. The molecule has 0 saturated heterocycles. The van der Waals surface area contributed by atoms with E-state index in [1.165, 1.54) is 0 Å². The van der Waals surface area contributed by atoms with Gasteiger partial charge in [0.2, 0.25) is 0 Å². The number of benzene rings is 2. The number of rotatable bonds is 3. The molecular weight excluding hydrogens is 326 g/mol. The molecule has 5 nitrogen and oxygen atoms in total. The minimum absolute atomic E-state index is 0.0340. The molecule has 1 aliphatic carbocycles. The van der Waals surface area contributed by atoms with E-state index in [1.54, 1.807) is 4.72 Å². The van der Waals surface area contributed by atoms with Crippen molar-refractivity contribution in [2.24, 2.45) is 0 Å². The quantitative estimate of drug-likeness (QED) is 0.874. The number of hydrogen-bond acceptors (Lipinski definition) is 4. The minimum atomic E-state index is -4.14. The summed E-state index contributed by atoms with van der Waals surface area (Å²) in [5, 5.41) is 0. The predicted octanol–water partition coefficient (Wildman–Crippen LogP) is 3.01. The lowest BCUT2D eigenvalue weighted by Crippen LogP contribution is -2.28. The van der Waals surface area contributed by atoms with Crippen LogP contribution in [0.5, 0.6) is 0 Å².